The third kappa shape index (κ3) is 3.91. The smallest absolute Gasteiger partial charge is 0.225 e. The molecule has 1 saturated carbocycles. The maximum absolute atomic E-state index is 13.8. The number of nitrogens with one attached hydrogen (secondary N) is 1. The van der Waals surface area contributed by atoms with Crippen LogP contribution in [0.15, 0.2) is 42.5 Å². The molecule has 1 N–H and O–H groups in total. The minimum Gasteiger partial charge on any atom is -0.349 e. The highest BCUT2D eigenvalue weighted by Crippen LogP contribution is 2.41. The number of hydrogen-bond acceptors (Lipinski definition) is 1. The summed E-state index contributed by atoms with van der Waals surface area (Å²) in [6.45, 7) is 2.04. The molecule has 3 rings (SSSR count). The van der Waals surface area contributed by atoms with Crippen LogP contribution in [-0.2, 0) is 11.2 Å². The quantitative estimate of drug-likeness (QED) is 0.852. The fourth-order valence-corrected chi connectivity index (χ4v) is 2.99. The zero-order valence-electron chi connectivity index (χ0n) is 13.0. The first-order chi connectivity index (χ1) is 11.0. The van der Waals surface area contributed by atoms with Gasteiger partial charge >= 0.3 is 0 Å². The molecule has 1 atom stereocenters. The molecule has 0 aromatic heterocycles. The zero-order valence-corrected chi connectivity index (χ0v) is 13.7. The normalized spacial score (nSPS) is 15.3. The number of hydrogen-bond donors (Lipinski definition) is 1. The van der Waals surface area contributed by atoms with Gasteiger partial charge in [-0.25, -0.2) is 4.39 Å². The minimum absolute atomic E-state index is 0.00588. The van der Waals surface area contributed by atoms with Crippen molar-refractivity contribution in [3.05, 3.63) is 70.0 Å². The van der Waals surface area contributed by atoms with E-state index in [9.17, 15) is 9.18 Å². The number of benzene rings is 2. The molecular weight excluding hydrogens is 313 g/mol. The molecule has 0 radical (unpaired) electrons. The van der Waals surface area contributed by atoms with Crippen molar-refractivity contribution in [3.63, 3.8) is 0 Å². The molecule has 0 aliphatic heterocycles. The van der Waals surface area contributed by atoms with Crippen molar-refractivity contribution in [2.24, 2.45) is 5.92 Å². The highest BCUT2D eigenvalue weighted by atomic mass is 35.5. The Morgan fingerprint density at radius 2 is 1.96 bits per heavy atom. The van der Waals surface area contributed by atoms with Crippen LogP contribution in [0.1, 0.15) is 35.6 Å². The topological polar surface area (TPSA) is 29.1 Å². The SMILES string of the molecule is Cc1ccc(C(NC(=O)Cc2c(F)cccc2Cl)C2CC2)cc1. The van der Waals surface area contributed by atoms with Gasteiger partial charge in [0.2, 0.25) is 5.91 Å². The monoisotopic (exact) mass is 331 g/mol. The molecule has 120 valence electrons. The van der Waals surface area contributed by atoms with Crippen molar-refractivity contribution in [3.8, 4) is 0 Å². The first-order valence-electron chi connectivity index (χ1n) is 7.83. The first kappa shape index (κ1) is 16.0. The van der Waals surface area contributed by atoms with Crippen molar-refractivity contribution in [2.75, 3.05) is 0 Å². The van der Waals surface area contributed by atoms with Crippen molar-refractivity contribution in [2.45, 2.75) is 32.2 Å². The Morgan fingerprint density at radius 1 is 1.26 bits per heavy atom. The number of carbonyl (C=O) groups is 1. The predicted molar refractivity (Wildman–Crippen MR) is 89.9 cm³/mol. The average Bonchev–Trinajstić information content (AvgIpc) is 3.34. The molecule has 2 aromatic carbocycles. The van der Waals surface area contributed by atoms with Crippen molar-refractivity contribution < 1.29 is 9.18 Å². The van der Waals surface area contributed by atoms with Gasteiger partial charge in [0.15, 0.2) is 0 Å². The summed E-state index contributed by atoms with van der Waals surface area (Å²) in [7, 11) is 0. The van der Waals surface area contributed by atoms with E-state index in [4.69, 9.17) is 11.6 Å². The van der Waals surface area contributed by atoms with Gasteiger partial charge in [0.05, 0.1) is 12.5 Å². The summed E-state index contributed by atoms with van der Waals surface area (Å²) < 4.78 is 13.8. The van der Waals surface area contributed by atoms with Gasteiger partial charge in [-0.05, 0) is 43.4 Å². The Hall–Kier alpha value is -1.87. The van der Waals surface area contributed by atoms with Crippen molar-refractivity contribution in [1.82, 2.24) is 5.32 Å². The van der Waals surface area contributed by atoms with Gasteiger partial charge < -0.3 is 5.32 Å². The zero-order chi connectivity index (χ0) is 16.4. The van der Waals surface area contributed by atoms with E-state index in [0.717, 1.165) is 18.4 Å². The summed E-state index contributed by atoms with van der Waals surface area (Å²) in [6.07, 6.45) is 2.18. The summed E-state index contributed by atoms with van der Waals surface area (Å²) in [4.78, 5) is 12.4. The third-order valence-electron chi connectivity index (χ3n) is 4.25. The standard InChI is InChI=1S/C19H19ClFNO/c1-12-5-7-13(8-6-12)19(14-9-10-14)22-18(23)11-15-16(20)3-2-4-17(15)21/h2-8,14,19H,9-11H2,1H3,(H,22,23). The van der Waals surface area contributed by atoms with Gasteiger partial charge in [-0.2, -0.15) is 0 Å². The van der Waals surface area contributed by atoms with Gasteiger partial charge in [0.25, 0.3) is 0 Å². The maximum atomic E-state index is 13.8. The second kappa shape index (κ2) is 6.71. The van der Waals surface area contributed by atoms with Gasteiger partial charge in [-0.3, -0.25) is 4.79 Å². The lowest BCUT2D eigenvalue weighted by Gasteiger charge is -2.19. The van der Waals surface area contributed by atoms with E-state index in [1.807, 2.05) is 19.1 Å². The summed E-state index contributed by atoms with van der Waals surface area (Å²) in [5.74, 6) is -0.168. The molecule has 23 heavy (non-hydrogen) atoms. The molecule has 1 unspecified atom stereocenters. The van der Waals surface area contributed by atoms with Gasteiger partial charge in [-0.1, -0.05) is 47.5 Å². The lowest BCUT2D eigenvalue weighted by atomic mass is 10.0. The second-order valence-electron chi connectivity index (χ2n) is 6.17. The predicted octanol–water partition coefficient (Wildman–Crippen LogP) is 4.60. The fraction of sp³-hybridized carbons (Fsp3) is 0.316. The van der Waals surface area contributed by atoms with E-state index >= 15 is 0 Å². The highest BCUT2D eigenvalue weighted by Gasteiger charge is 2.33. The lowest BCUT2D eigenvalue weighted by molar-refractivity contribution is -0.121. The van der Waals surface area contributed by atoms with Crippen LogP contribution in [0.5, 0.6) is 0 Å². The lowest BCUT2D eigenvalue weighted by Crippen LogP contribution is -2.31. The summed E-state index contributed by atoms with van der Waals surface area (Å²) in [5.41, 5.74) is 2.55. The molecule has 4 heteroatoms. The summed E-state index contributed by atoms with van der Waals surface area (Å²) in [5, 5.41) is 3.34. The van der Waals surface area contributed by atoms with Crippen LogP contribution in [-0.4, -0.2) is 5.91 Å². The molecule has 2 nitrogen and oxygen atoms in total. The Kier molecular flexibility index (Phi) is 4.67. The van der Waals surface area contributed by atoms with Crippen LogP contribution in [0.25, 0.3) is 0 Å². The fourth-order valence-electron chi connectivity index (χ4n) is 2.76. The number of rotatable bonds is 5. The largest absolute Gasteiger partial charge is 0.349 e. The van der Waals surface area contributed by atoms with Crippen molar-refractivity contribution >= 4 is 17.5 Å². The van der Waals surface area contributed by atoms with Gasteiger partial charge in [-0.15, -0.1) is 0 Å². The van der Waals surface area contributed by atoms with Crippen LogP contribution in [0, 0.1) is 18.7 Å². The molecule has 0 saturated heterocycles. The summed E-state index contributed by atoms with van der Waals surface area (Å²) in [6, 6.07) is 12.7. The molecule has 1 aliphatic carbocycles. The molecule has 1 aliphatic rings. The molecule has 0 spiro atoms. The van der Waals surface area contributed by atoms with E-state index in [1.54, 1.807) is 12.1 Å². The number of carbonyl (C=O) groups excluding carboxylic acids is 1. The van der Waals surface area contributed by atoms with Crippen molar-refractivity contribution in [1.29, 1.82) is 0 Å². The molecule has 0 bridgehead atoms. The minimum atomic E-state index is -0.439. The van der Waals surface area contributed by atoms with E-state index < -0.39 is 5.82 Å². The molecule has 1 fully saturated rings. The average molecular weight is 332 g/mol. The van der Waals surface area contributed by atoms with Crippen LogP contribution in [0.4, 0.5) is 4.39 Å². The number of amides is 1. The first-order valence-corrected chi connectivity index (χ1v) is 8.21. The molecule has 0 heterocycles. The number of halogens is 2. The van der Waals surface area contributed by atoms with Gasteiger partial charge in [0, 0.05) is 10.6 Å². The molecular formula is C19H19ClFNO. The molecule has 1 amide bonds. The Balaban J connectivity index is 1.73. The summed E-state index contributed by atoms with van der Waals surface area (Å²) >= 11 is 6.00. The van der Waals surface area contributed by atoms with E-state index in [1.165, 1.54) is 11.6 Å². The second-order valence-corrected chi connectivity index (χ2v) is 6.58. The van der Waals surface area contributed by atoms with E-state index in [2.05, 4.69) is 17.4 Å². The van der Waals surface area contributed by atoms with Crippen LogP contribution in [0.3, 0.4) is 0 Å². The van der Waals surface area contributed by atoms with Crippen LogP contribution in [0.2, 0.25) is 5.02 Å². The number of aryl methyl sites for hydroxylation is 1. The Morgan fingerprint density at radius 3 is 2.57 bits per heavy atom. The van der Waals surface area contributed by atoms with E-state index in [0.29, 0.717) is 10.9 Å². The Bertz CT molecular complexity index is 690. The van der Waals surface area contributed by atoms with Crippen LogP contribution >= 0.6 is 11.6 Å². The third-order valence-corrected chi connectivity index (χ3v) is 4.60. The Labute approximate surface area is 140 Å². The highest BCUT2D eigenvalue weighted by molar-refractivity contribution is 6.31. The van der Waals surface area contributed by atoms with E-state index in [-0.39, 0.29) is 23.9 Å². The molecule has 2 aromatic rings. The van der Waals surface area contributed by atoms with Crippen LogP contribution < -0.4 is 5.32 Å². The van der Waals surface area contributed by atoms with Gasteiger partial charge in [0.1, 0.15) is 5.82 Å². The maximum Gasteiger partial charge on any atom is 0.225 e.